The van der Waals surface area contributed by atoms with Gasteiger partial charge in [0.1, 0.15) is 11.3 Å². The zero-order valence-electron chi connectivity index (χ0n) is 17.3. The van der Waals surface area contributed by atoms with Gasteiger partial charge in [-0.3, -0.25) is 4.79 Å². The highest BCUT2D eigenvalue weighted by molar-refractivity contribution is 6.30. The molecule has 1 aliphatic heterocycles. The minimum absolute atomic E-state index is 0.0690. The molecule has 162 valence electrons. The van der Waals surface area contributed by atoms with Crippen molar-refractivity contribution < 1.29 is 13.9 Å². The smallest absolute Gasteiger partial charge is 0.344 e. The minimum atomic E-state index is -0.390. The number of benzene rings is 3. The Morgan fingerprint density at radius 2 is 1.69 bits per heavy atom. The van der Waals surface area contributed by atoms with Crippen molar-refractivity contribution in [2.24, 2.45) is 0 Å². The molecule has 7 heteroatoms. The Balaban J connectivity index is 1.23. The Bertz CT molecular complexity index is 1360. The molecule has 0 bridgehead atoms. The molecule has 1 aromatic heterocycles. The lowest BCUT2D eigenvalue weighted by molar-refractivity contribution is -0.133. The van der Waals surface area contributed by atoms with Crippen molar-refractivity contribution in [2.45, 2.75) is 0 Å². The summed E-state index contributed by atoms with van der Waals surface area (Å²) in [6.45, 7) is 2.64. The molecule has 3 aromatic carbocycles. The van der Waals surface area contributed by atoms with E-state index >= 15 is 0 Å². The summed E-state index contributed by atoms with van der Waals surface area (Å²) in [6.07, 6.45) is 0. The molecule has 0 radical (unpaired) electrons. The molecule has 32 heavy (non-hydrogen) atoms. The Labute approximate surface area is 189 Å². The van der Waals surface area contributed by atoms with Gasteiger partial charge in [-0.1, -0.05) is 35.9 Å². The second-order valence-electron chi connectivity index (χ2n) is 7.73. The number of nitrogens with zero attached hydrogens (tertiary/aromatic N) is 2. The van der Waals surface area contributed by atoms with Crippen molar-refractivity contribution in [1.29, 1.82) is 0 Å². The maximum atomic E-state index is 12.6. The van der Waals surface area contributed by atoms with Gasteiger partial charge in [0, 0.05) is 48.3 Å². The summed E-state index contributed by atoms with van der Waals surface area (Å²) in [7, 11) is 0. The number of piperazine rings is 1. The molecule has 6 nitrogen and oxygen atoms in total. The van der Waals surface area contributed by atoms with Crippen molar-refractivity contribution in [1.82, 2.24) is 4.90 Å². The molecule has 4 aromatic rings. The first-order chi connectivity index (χ1) is 15.6. The van der Waals surface area contributed by atoms with E-state index in [9.17, 15) is 9.59 Å². The van der Waals surface area contributed by atoms with Crippen molar-refractivity contribution in [2.75, 3.05) is 37.7 Å². The highest BCUT2D eigenvalue weighted by atomic mass is 35.5. The number of hydrogen-bond donors (Lipinski definition) is 0. The third-order valence-electron chi connectivity index (χ3n) is 5.76. The molecule has 5 rings (SSSR count). The highest BCUT2D eigenvalue weighted by Gasteiger charge is 2.22. The summed E-state index contributed by atoms with van der Waals surface area (Å²) in [5, 5.41) is 2.91. The molecule has 0 saturated carbocycles. The number of halogens is 1. The van der Waals surface area contributed by atoms with E-state index in [2.05, 4.69) is 4.90 Å². The lowest BCUT2D eigenvalue weighted by atomic mass is 10.1. The van der Waals surface area contributed by atoms with Gasteiger partial charge in [0.05, 0.1) is 5.39 Å². The zero-order valence-corrected chi connectivity index (χ0v) is 18.0. The maximum Gasteiger partial charge on any atom is 0.344 e. The number of rotatable bonds is 4. The fourth-order valence-corrected chi connectivity index (χ4v) is 4.26. The van der Waals surface area contributed by atoms with Crippen LogP contribution >= 0.6 is 11.6 Å². The maximum absolute atomic E-state index is 12.6. The Morgan fingerprint density at radius 1 is 0.906 bits per heavy atom. The number of hydrogen-bond acceptors (Lipinski definition) is 5. The number of fused-ring (bicyclic) bond motifs is 3. The van der Waals surface area contributed by atoms with Crippen LogP contribution in [0.15, 0.2) is 75.9 Å². The van der Waals surface area contributed by atoms with Crippen LogP contribution in [-0.2, 0) is 4.79 Å². The first kappa shape index (κ1) is 20.4. The predicted octanol–water partition coefficient (Wildman–Crippen LogP) is 4.33. The summed E-state index contributed by atoms with van der Waals surface area (Å²) in [5.41, 5.74) is 1.11. The van der Waals surface area contributed by atoms with Crippen LogP contribution in [0.3, 0.4) is 0 Å². The average Bonchev–Trinajstić information content (AvgIpc) is 2.83. The van der Waals surface area contributed by atoms with Crippen molar-refractivity contribution >= 4 is 44.9 Å². The van der Waals surface area contributed by atoms with Crippen LogP contribution in [0, 0.1) is 0 Å². The van der Waals surface area contributed by atoms with Gasteiger partial charge in [0.2, 0.25) is 0 Å². The number of carbonyl (C=O) groups is 1. The van der Waals surface area contributed by atoms with E-state index in [1.807, 2.05) is 48.5 Å². The van der Waals surface area contributed by atoms with E-state index in [1.54, 1.807) is 23.1 Å². The van der Waals surface area contributed by atoms with Gasteiger partial charge in [0.25, 0.3) is 5.91 Å². The summed E-state index contributed by atoms with van der Waals surface area (Å²) >= 11 is 6.08. The molecular formula is C25H21ClN2O4. The van der Waals surface area contributed by atoms with Crippen LogP contribution in [0.1, 0.15) is 0 Å². The van der Waals surface area contributed by atoms with Crippen LogP contribution in [0.4, 0.5) is 5.69 Å². The third-order valence-corrected chi connectivity index (χ3v) is 6.00. The number of anilines is 1. The number of carbonyl (C=O) groups excluding carboxylic acids is 1. The molecule has 0 atom stereocenters. The third kappa shape index (κ3) is 4.01. The lowest BCUT2D eigenvalue weighted by Gasteiger charge is -2.36. The molecule has 1 fully saturated rings. The summed E-state index contributed by atoms with van der Waals surface area (Å²) in [6, 6.07) is 20.4. The monoisotopic (exact) mass is 448 g/mol. The Kier molecular flexibility index (Phi) is 5.45. The van der Waals surface area contributed by atoms with Crippen molar-refractivity contribution in [3.8, 4) is 5.75 Å². The minimum Gasteiger partial charge on any atom is -0.484 e. The molecule has 0 aliphatic carbocycles. The normalized spacial score (nSPS) is 14.2. The number of amides is 1. The molecule has 1 saturated heterocycles. The van der Waals surface area contributed by atoms with Gasteiger partial charge < -0.3 is 19.0 Å². The van der Waals surface area contributed by atoms with Gasteiger partial charge >= 0.3 is 5.63 Å². The summed E-state index contributed by atoms with van der Waals surface area (Å²) in [4.78, 5) is 28.9. The molecule has 0 N–H and O–H groups in total. The van der Waals surface area contributed by atoms with Crippen LogP contribution in [0.5, 0.6) is 5.75 Å². The predicted molar refractivity (Wildman–Crippen MR) is 126 cm³/mol. The molecule has 1 amide bonds. The largest absolute Gasteiger partial charge is 0.484 e. The molecule has 1 aliphatic rings. The standard InChI is InChI=1S/C25H21ClN2O4/c26-17-4-3-5-18(14-17)27-10-12-28(13-11-27)24(29)16-31-19-8-9-21-20-6-1-2-7-22(20)25(30)32-23(21)15-19/h1-9,14-15H,10-13,16H2. The van der Waals surface area contributed by atoms with Gasteiger partial charge in [-0.15, -0.1) is 0 Å². The van der Waals surface area contributed by atoms with Gasteiger partial charge in [-0.05, 0) is 41.8 Å². The summed E-state index contributed by atoms with van der Waals surface area (Å²) < 4.78 is 11.2. The van der Waals surface area contributed by atoms with Crippen LogP contribution in [0.2, 0.25) is 5.02 Å². The molecule has 0 spiro atoms. The number of ether oxygens (including phenoxy) is 1. The van der Waals surface area contributed by atoms with Gasteiger partial charge in [0.15, 0.2) is 6.61 Å². The first-order valence-corrected chi connectivity index (χ1v) is 10.8. The zero-order chi connectivity index (χ0) is 22.1. The van der Waals surface area contributed by atoms with E-state index in [0.29, 0.717) is 34.8 Å². The summed E-state index contributed by atoms with van der Waals surface area (Å²) in [5.74, 6) is 0.414. The highest BCUT2D eigenvalue weighted by Crippen LogP contribution is 2.26. The topological polar surface area (TPSA) is 63.0 Å². The van der Waals surface area contributed by atoms with E-state index in [1.165, 1.54) is 0 Å². The van der Waals surface area contributed by atoms with E-state index in [4.69, 9.17) is 20.8 Å². The fraction of sp³-hybridized carbons (Fsp3) is 0.200. The molecule has 0 unspecified atom stereocenters. The van der Waals surface area contributed by atoms with Gasteiger partial charge in [-0.2, -0.15) is 0 Å². The molecular weight excluding hydrogens is 428 g/mol. The molecule has 2 heterocycles. The van der Waals surface area contributed by atoms with Crippen LogP contribution in [0.25, 0.3) is 21.7 Å². The quantitative estimate of drug-likeness (QED) is 0.343. The fourth-order valence-electron chi connectivity index (χ4n) is 4.07. The van der Waals surface area contributed by atoms with Crippen molar-refractivity contribution in [3.63, 3.8) is 0 Å². The Hall–Kier alpha value is -3.51. The van der Waals surface area contributed by atoms with Crippen LogP contribution in [-0.4, -0.2) is 43.6 Å². The first-order valence-electron chi connectivity index (χ1n) is 10.5. The lowest BCUT2D eigenvalue weighted by Crippen LogP contribution is -2.50. The van der Waals surface area contributed by atoms with E-state index < -0.39 is 0 Å². The second kappa shape index (κ2) is 8.55. The average molecular weight is 449 g/mol. The van der Waals surface area contributed by atoms with Crippen molar-refractivity contribution in [3.05, 3.63) is 82.2 Å². The van der Waals surface area contributed by atoms with Crippen LogP contribution < -0.4 is 15.3 Å². The second-order valence-corrected chi connectivity index (χ2v) is 8.17. The van der Waals surface area contributed by atoms with E-state index in [0.717, 1.165) is 29.5 Å². The van der Waals surface area contributed by atoms with E-state index in [-0.39, 0.29) is 18.1 Å². The SMILES string of the molecule is O=C(COc1ccc2c(c1)oc(=O)c1ccccc12)N1CCN(c2cccc(Cl)c2)CC1. The Morgan fingerprint density at radius 3 is 2.47 bits per heavy atom. The van der Waals surface area contributed by atoms with Gasteiger partial charge in [-0.25, -0.2) is 4.79 Å².